The second-order valence-electron chi connectivity index (χ2n) is 4.25. The fourth-order valence-electron chi connectivity index (χ4n) is 1.73. The van der Waals surface area contributed by atoms with Crippen molar-refractivity contribution in [3.8, 4) is 11.5 Å². The SMILES string of the molecule is COc1ccc(/C=C/C(=O)c2cc(Cl)cc(Br)c2O)cc1. The van der Waals surface area contributed by atoms with Crippen molar-refractivity contribution in [1.82, 2.24) is 0 Å². The van der Waals surface area contributed by atoms with Crippen LogP contribution in [0, 0.1) is 0 Å². The lowest BCUT2D eigenvalue weighted by atomic mass is 10.1. The molecule has 0 heterocycles. The molecule has 1 N–H and O–H groups in total. The van der Waals surface area contributed by atoms with Gasteiger partial charge in [0.15, 0.2) is 5.78 Å². The topological polar surface area (TPSA) is 46.5 Å². The summed E-state index contributed by atoms with van der Waals surface area (Å²) in [6, 6.07) is 10.2. The minimum Gasteiger partial charge on any atom is -0.506 e. The predicted octanol–water partition coefficient (Wildman–Crippen LogP) is 4.71. The smallest absolute Gasteiger partial charge is 0.189 e. The number of rotatable bonds is 4. The van der Waals surface area contributed by atoms with Crippen LogP contribution in [0.15, 0.2) is 46.9 Å². The summed E-state index contributed by atoms with van der Waals surface area (Å²) < 4.78 is 5.45. The summed E-state index contributed by atoms with van der Waals surface area (Å²) in [5, 5.41) is 10.3. The summed E-state index contributed by atoms with van der Waals surface area (Å²) >= 11 is 9.04. The van der Waals surface area contributed by atoms with Crippen LogP contribution in [0.4, 0.5) is 0 Å². The van der Waals surface area contributed by atoms with Crippen molar-refractivity contribution in [2.24, 2.45) is 0 Å². The molecular weight excluding hydrogens is 356 g/mol. The van der Waals surface area contributed by atoms with Crippen LogP contribution in [0.1, 0.15) is 15.9 Å². The highest BCUT2D eigenvalue weighted by Crippen LogP contribution is 2.32. The number of ether oxygens (including phenoxy) is 1. The van der Waals surface area contributed by atoms with E-state index in [2.05, 4.69) is 15.9 Å². The zero-order valence-electron chi connectivity index (χ0n) is 11.1. The minimum absolute atomic E-state index is 0.121. The average molecular weight is 368 g/mol. The zero-order chi connectivity index (χ0) is 15.4. The number of aromatic hydroxyl groups is 1. The summed E-state index contributed by atoms with van der Waals surface area (Å²) in [7, 11) is 1.59. The molecule has 0 radical (unpaired) electrons. The van der Waals surface area contributed by atoms with Crippen LogP contribution in [0.2, 0.25) is 5.02 Å². The Morgan fingerprint density at radius 1 is 1.29 bits per heavy atom. The fraction of sp³-hybridized carbons (Fsp3) is 0.0625. The molecule has 0 saturated heterocycles. The number of benzene rings is 2. The first kappa shape index (κ1) is 15.6. The third-order valence-electron chi connectivity index (χ3n) is 2.84. The molecule has 108 valence electrons. The number of carbonyl (C=O) groups is 1. The van der Waals surface area contributed by atoms with Crippen molar-refractivity contribution in [2.75, 3.05) is 7.11 Å². The molecule has 0 saturated carbocycles. The molecule has 0 bridgehead atoms. The lowest BCUT2D eigenvalue weighted by molar-refractivity contribution is 0.104. The van der Waals surface area contributed by atoms with E-state index in [4.69, 9.17) is 16.3 Å². The van der Waals surface area contributed by atoms with Gasteiger partial charge in [0.1, 0.15) is 11.5 Å². The molecule has 0 spiro atoms. The highest BCUT2D eigenvalue weighted by atomic mass is 79.9. The monoisotopic (exact) mass is 366 g/mol. The number of hydrogen-bond acceptors (Lipinski definition) is 3. The Morgan fingerprint density at radius 3 is 2.57 bits per heavy atom. The van der Waals surface area contributed by atoms with Gasteiger partial charge in [-0.3, -0.25) is 4.79 Å². The van der Waals surface area contributed by atoms with Crippen LogP contribution in [0.5, 0.6) is 11.5 Å². The Labute approximate surface area is 135 Å². The number of phenolic OH excluding ortho intramolecular Hbond substituents is 1. The number of ketones is 1. The number of methoxy groups -OCH3 is 1. The van der Waals surface area contributed by atoms with Crippen molar-refractivity contribution >= 4 is 39.4 Å². The van der Waals surface area contributed by atoms with Gasteiger partial charge in [0.05, 0.1) is 17.1 Å². The maximum Gasteiger partial charge on any atom is 0.189 e. The maximum absolute atomic E-state index is 12.1. The lowest BCUT2D eigenvalue weighted by Crippen LogP contribution is -1.95. The van der Waals surface area contributed by atoms with Crippen LogP contribution < -0.4 is 4.74 Å². The van der Waals surface area contributed by atoms with E-state index >= 15 is 0 Å². The number of hydrogen-bond donors (Lipinski definition) is 1. The first-order chi connectivity index (χ1) is 10.0. The fourth-order valence-corrected chi connectivity index (χ4v) is 2.54. The number of phenols is 1. The normalized spacial score (nSPS) is 10.8. The molecule has 0 atom stereocenters. The van der Waals surface area contributed by atoms with Gasteiger partial charge in [0, 0.05) is 5.02 Å². The molecule has 0 unspecified atom stereocenters. The molecule has 0 aliphatic carbocycles. The molecule has 0 aliphatic heterocycles. The van der Waals surface area contributed by atoms with Crippen LogP contribution in [0.3, 0.4) is 0 Å². The van der Waals surface area contributed by atoms with Gasteiger partial charge in [-0.15, -0.1) is 0 Å². The van der Waals surface area contributed by atoms with Gasteiger partial charge in [0.25, 0.3) is 0 Å². The Kier molecular flexibility index (Phi) is 5.04. The predicted molar refractivity (Wildman–Crippen MR) is 87.2 cm³/mol. The molecule has 5 heteroatoms. The molecule has 2 rings (SSSR count). The van der Waals surface area contributed by atoms with E-state index < -0.39 is 0 Å². The lowest BCUT2D eigenvalue weighted by Gasteiger charge is -2.04. The third-order valence-corrected chi connectivity index (χ3v) is 3.66. The van der Waals surface area contributed by atoms with Crippen LogP contribution in [-0.2, 0) is 0 Å². The van der Waals surface area contributed by atoms with E-state index in [1.807, 2.05) is 12.1 Å². The largest absolute Gasteiger partial charge is 0.506 e. The molecule has 0 amide bonds. The van der Waals surface area contributed by atoms with Gasteiger partial charge in [-0.1, -0.05) is 29.8 Å². The summed E-state index contributed by atoms with van der Waals surface area (Å²) in [5.41, 5.74) is 1.00. The van der Waals surface area contributed by atoms with E-state index in [1.165, 1.54) is 18.2 Å². The Hall–Kier alpha value is -1.78. The molecule has 2 aromatic rings. The molecule has 21 heavy (non-hydrogen) atoms. The number of halogens is 2. The Morgan fingerprint density at radius 2 is 1.95 bits per heavy atom. The molecule has 0 aliphatic rings. The minimum atomic E-state index is -0.327. The molecular formula is C16H12BrClO3. The Bertz CT molecular complexity index is 693. The summed E-state index contributed by atoms with van der Waals surface area (Å²) in [6.07, 6.45) is 3.05. The van der Waals surface area contributed by atoms with Gasteiger partial charge < -0.3 is 9.84 Å². The van der Waals surface area contributed by atoms with Crippen LogP contribution >= 0.6 is 27.5 Å². The van der Waals surface area contributed by atoms with Gasteiger partial charge in [-0.2, -0.15) is 0 Å². The Balaban J connectivity index is 2.22. The first-order valence-electron chi connectivity index (χ1n) is 6.05. The van der Waals surface area contributed by atoms with Crippen molar-refractivity contribution in [1.29, 1.82) is 0 Å². The summed E-state index contributed by atoms with van der Waals surface area (Å²) in [4.78, 5) is 12.1. The summed E-state index contributed by atoms with van der Waals surface area (Å²) in [5.74, 6) is 0.296. The maximum atomic E-state index is 12.1. The second kappa shape index (κ2) is 6.78. The van der Waals surface area contributed by atoms with Crippen molar-refractivity contribution < 1.29 is 14.6 Å². The van der Waals surface area contributed by atoms with Crippen molar-refractivity contribution in [3.05, 3.63) is 63.1 Å². The van der Waals surface area contributed by atoms with Gasteiger partial charge in [-0.25, -0.2) is 0 Å². The van der Waals surface area contributed by atoms with Crippen LogP contribution in [0.25, 0.3) is 6.08 Å². The van der Waals surface area contributed by atoms with E-state index in [1.54, 1.807) is 25.3 Å². The molecule has 3 nitrogen and oxygen atoms in total. The van der Waals surface area contributed by atoms with Gasteiger partial charge >= 0.3 is 0 Å². The van der Waals surface area contributed by atoms with E-state index in [0.29, 0.717) is 9.50 Å². The number of allylic oxidation sites excluding steroid dienone is 1. The zero-order valence-corrected chi connectivity index (χ0v) is 13.5. The quantitative estimate of drug-likeness (QED) is 0.628. The first-order valence-corrected chi connectivity index (χ1v) is 7.23. The molecule has 0 aromatic heterocycles. The number of carbonyl (C=O) groups excluding carboxylic acids is 1. The molecule has 2 aromatic carbocycles. The third kappa shape index (κ3) is 3.86. The van der Waals surface area contributed by atoms with Crippen molar-refractivity contribution in [2.45, 2.75) is 0 Å². The van der Waals surface area contributed by atoms with Crippen molar-refractivity contribution in [3.63, 3.8) is 0 Å². The van der Waals surface area contributed by atoms with Crippen LogP contribution in [-0.4, -0.2) is 18.0 Å². The van der Waals surface area contributed by atoms with Gasteiger partial charge in [0.2, 0.25) is 0 Å². The summed E-state index contributed by atoms with van der Waals surface area (Å²) in [6.45, 7) is 0. The van der Waals surface area contributed by atoms with E-state index in [-0.39, 0.29) is 17.1 Å². The van der Waals surface area contributed by atoms with E-state index in [0.717, 1.165) is 11.3 Å². The second-order valence-corrected chi connectivity index (χ2v) is 5.55. The van der Waals surface area contributed by atoms with Gasteiger partial charge in [-0.05, 0) is 51.8 Å². The highest BCUT2D eigenvalue weighted by Gasteiger charge is 2.12. The molecule has 0 fully saturated rings. The highest BCUT2D eigenvalue weighted by molar-refractivity contribution is 9.10. The standard InChI is InChI=1S/C16H12BrClO3/c1-21-12-5-2-10(3-6-12)4-7-15(19)13-8-11(18)9-14(17)16(13)20/h2-9,20H,1H3/b7-4+. The average Bonchev–Trinajstić information content (AvgIpc) is 2.49. The van der Waals surface area contributed by atoms with E-state index in [9.17, 15) is 9.90 Å².